The fourth-order valence-electron chi connectivity index (χ4n) is 2.49. The summed E-state index contributed by atoms with van der Waals surface area (Å²) in [5.74, 6) is 0.857. The van der Waals surface area contributed by atoms with Crippen LogP contribution in [0.15, 0.2) is 58.4 Å². The Bertz CT molecular complexity index is 1090. The monoisotopic (exact) mass is 484 g/mol. The lowest BCUT2D eigenvalue weighted by atomic mass is 10.2. The van der Waals surface area contributed by atoms with E-state index in [2.05, 4.69) is 20.9 Å². The van der Waals surface area contributed by atoms with Crippen molar-refractivity contribution in [3.63, 3.8) is 0 Å². The molecule has 3 aromatic rings. The summed E-state index contributed by atoms with van der Waals surface area (Å²) in [4.78, 5) is 16.5. The second kappa shape index (κ2) is 10.6. The van der Waals surface area contributed by atoms with Crippen molar-refractivity contribution in [2.75, 3.05) is 13.7 Å². The summed E-state index contributed by atoms with van der Waals surface area (Å²) in [6.07, 6.45) is 3.00. The number of nitrogens with zero attached hydrogens (tertiary/aromatic N) is 2. The Morgan fingerprint density at radius 2 is 2.07 bits per heavy atom. The first-order chi connectivity index (χ1) is 14.6. The number of ether oxygens (including phenoxy) is 3. The van der Waals surface area contributed by atoms with Gasteiger partial charge in [-0.1, -0.05) is 28.1 Å². The molecule has 0 radical (unpaired) electrons. The lowest BCUT2D eigenvalue weighted by Crippen LogP contribution is -2.01. The summed E-state index contributed by atoms with van der Waals surface area (Å²) in [7, 11) is 1.61. The first-order valence-electron chi connectivity index (χ1n) is 8.82. The minimum atomic E-state index is -0.464. The molecule has 1 heterocycles. The van der Waals surface area contributed by atoms with Gasteiger partial charge in [0.25, 0.3) is 0 Å². The molecule has 152 valence electrons. The molecule has 6 nitrogen and oxygen atoms in total. The maximum absolute atomic E-state index is 12.0. The van der Waals surface area contributed by atoms with Gasteiger partial charge in [0.15, 0.2) is 6.61 Å². The van der Waals surface area contributed by atoms with E-state index in [0.717, 1.165) is 26.4 Å². The second-order valence-electron chi connectivity index (χ2n) is 5.95. The van der Waals surface area contributed by atoms with Crippen LogP contribution >= 0.6 is 27.3 Å². The minimum absolute atomic E-state index is 0.00578. The van der Waals surface area contributed by atoms with Crippen molar-refractivity contribution in [2.24, 2.45) is 0 Å². The van der Waals surface area contributed by atoms with Gasteiger partial charge in [-0.3, -0.25) is 0 Å². The zero-order valence-electron chi connectivity index (χ0n) is 16.0. The molecule has 0 aliphatic carbocycles. The number of thiazole rings is 1. The molecule has 0 aliphatic heterocycles. The average molecular weight is 485 g/mol. The van der Waals surface area contributed by atoms with E-state index in [9.17, 15) is 4.79 Å². The molecular weight excluding hydrogens is 468 g/mol. The van der Waals surface area contributed by atoms with Crippen LogP contribution in [-0.4, -0.2) is 24.7 Å². The van der Waals surface area contributed by atoms with E-state index in [1.807, 2.05) is 29.6 Å². The molecule has 0 bridgehead atoms. The SMILES string of the molecule is COc1ccc(Br)cc1-c1nc(COC(=O)/C=C/c2ccc(OCC#N)cc2)cs1. The standard InChI is InChI=1S/C22H17BrN2O4S/c1-27-20-8-5-16(23)12-19(20)22-25-17(14-30-22)13-29-21(26)9-4-15-2-6-18(7-3-15)28-11-10-24/h2-9,12,14H,11,13H2,1H3/b9-4+. The predicted molar refractivity (Wildman–Crippen MR) is 118 cm³/mol. The molecule has 0 saturated carbocycles. The molecule has 0 spiro atoms. The van der Waals surface area contributed by atoms with Gasteiger partial charge in [0.2, 0.25) is 0 Å². The zero-order valence-corrected chi connectivity index (χ0v) is 18.4. The van der Waals surface area contributed by atoms with E-state index >= 15 is 0 Å². The summed E-state index contributed by atoms with van der Waals surface area (Å²) >= 11 is 4.91. The second-order valence-corrected chi connectivity index (χ2v) is 7.72. The van der Waals surface area contributed by atoms with Crippen molar-refractivity contribution in [1.29, 1.82) is 5.26 Å². The first kappa shape index (κ1) is 21.6. The van der Waals surface area contributed by atoms with Crippen molar-refractivity contribution >= 4 is 39.3 Å². The van der Waals surface area contributed by atoms with E-state index in [0.29, 0.717) is 11.4 Å². The highest BCUT2D eigenvalue weighted by molar-refractivity contribution is 9.10. The highest BCUT2D eigenvalue weighted by Crippen LogP contribution is 2.34. The Kier molecular flexibility index (Phi) is 7.60. The van der Waals surface area contributed by atoms with Crippen LogP contribution in [0.2, 0.25) is 0 Å². The Morgan fingerprint density at radius 3 is 2.80 bits per heavy atom. The van der Waals surface area contributed by atoms with Gasteiger partial charge < -0.3 is 14.2 Å². The van der Waals surface area contributed by atoms with Gasteiger partial charge in [0.05, 0.1) is 18.4 Å². The topological polar surface area (TPSA) is 81.4 Å². The van der Waals surface area contributed by atoms with Crippen molar-refractivity contribution in [3.05, 3.63) is 69.7 Å². The number of aromatic nitrogens is 1. The number of methoxy groups -OCH3 is 1. The normalized spacial score (nSPS) is 10.6. The smallest absolute Gasteiger partial charge is 0.331 e. The summed E-state index contributed by atoms with van der Waals surface area (Å²) in [5, 5.41) is 11.1. The van der Waals surface area contributed by atoms with Gasteiger partial charge in [-0.15, -0.1) is 11.3 Å². The maximum atomic E-state index is 12.0. The molecule has 8 heteroatoms. The molecule has 0 atom stereocenters. The van der Waals surface area contributed by atoms with Crippen LogP contribution in [0.1, 0.15) is 11.3 Å². The van der Waals surface area contributed by atoms with Crippen molar-refractivity contribution < 1.29 is 19.0 Å². The van der Waals surface area contributed by atoms with E-state index in [-0.39, 0.29) is 13.2 Å². The molecule has 0 amide bonds. The number of carbonyl (C=O) groups excluding carboxylic acids is 1. The number of nitriles is 1. The number of carbonyl (C=O) groups is 1. The summed E-state index contributed by atoms with van der Waals surface area (Å²) < 4.78 is 16.8. The molecule has 0 saturated heterocycles. The largest absolute Gasteiger partial charge is 0.496 e. The zero-order chi connectivity index (χ0) is 21.3. The number of rotatable bonds is 8. The molecule has 0 aliphatic rings. The van der Waals surface area contributed by atoms with Crippen LogP contribution in [0.5, 0.6) is 11.5 Å². The van der Waals surface area contributed by atoms with E-state index in [4.69, 9.17) is 19.5 Å². The van der Waals surface area contributed by atoms with Crippen LogP contribution in [0.25, 0.3) is 16.6 Å². The van der Waals surface area contributed by atoms with Crippen molar-refractivity contribution in [2.45, 2.75) is 6.61 Å². The fourth-order valence-corrected chi connectivity index (χ4v) is 3.68. The number of halogens is 1. The third-order valence-electron chi connectivity index (χ3n) is 3.90. The fraction of sp³-hybridized carbons (Fsp3) is 0.136. The lowest BCUT2D eigenvalue weighted by molar-refractivity contribution is -0.139. The number of benzene rings is 2. The van der Waals surface area contributed by atoms with Crippen molar-refractivity contribution in [1.82, 2.24) is 4.98 Å². The lowest BCUT2D eigenvalue weighted by Gasteiger charge is -2.06. The number of esters is 1. The third-order valence-corrected chi connectivity index (χ3v) is 5.32. The van der Waals surface area contributed by atoms with Crippen molar-refractivity contribution in [3.8, 4) is 28.1 Å². The van der Waals surface area contributed by atoms with Gasteiger partial charge >= 0.3 is 5.97 Å². The molecule has 2 aromatic carbocycles. The highest BCUT2D eigenvalue weighted by atomic mass is 79.9. The Labute approximate surface area is 186 Å². The number of hydrogen-bond acceptors (Lipinski definition) is 7. The van der Waals surface area contributed by atoms with E-state index < -0.39 is 5.97 Å². The van der Waals surface area contributed by atoms with Crippen LogP contribution < -0.4 is 9.47 Å². The molecular formula is C22H17BrN2O4S. The molecule has 1 aromatic heterocycles. The average Bonchev–Trinajstić information content (AvgIpc) is 3.24. The van der Waals surface area contributed by atoms with Gasteiger partial charge in [-0.2, -0.15) is 5.26 Å². The quantitative estimate of drug-likeness (QED) is 0.321. The summed E-state index contributed by atoms with van der Waals surface area (Å²) in [6, 6.07) is 14.6. The Morgan fingerprint density at radius 1 is 1.27 bits per heavy atom. The molecule has 30 heavy (non-hydrogen) atoms. The first-order valence-corrected chi connectivity index (χ1v) is 10.5. The van der Waals surface area contributed by atoms with Gasteiger partial charge in [0, 0.05) is 15.9 Å². The minimum Gasteiger partial charge on any atom is -0.496 e. The predicted octanol–water partition coefficient (Wildman–Crippen LogP) is 5.24. The third kappa shape index (κ3) is 5.92. The number of hydrogen-bond donors (Lipinski definition) is 0. The van der Waals surface area contributed by atoms with Crippen LogP contribution in [0.3, 0.4) is 0 Å². The maximum Gasteiger partial charge on any atom is 0.331 e. The van der Waals surface area contributed by atoms with Crippen LogP contribution in [0.4, 0.5) is 0 Å². The van der Waals surface area contributed by atoms with E-state index in [1.54, 1.807) is 37.5 Å². The molecule has 0 N–H and O–H groups in total. The Balaban J connectivity index is 1.56. The molecule has 3 rings (SSSR count). The van der Waals surface area contributed by atoms with Crippen LogP contribution in [0, 0.1) is 11.3 Å². The Hall–Kier alpha value is -3.15. The summed E-state index contributed by atoms with van der Waals surface area (Å²) in [6.45, 7) is 0.0745. The van der Waals surface area contributed by atoms with E-state index in [1.165, 1.54) is 17.4 Å². The van der Waals surface area contributed by atoms with Crippen LogP contribution in [-0.2, 0) is 16.1 Å². The highest BCUT2D eigenvalue weighted by Gasteiger charge is 2.12. The molecule has 0 fully saturated rings. The van der Waals surface area contributed by atoms with Gasteiger partial charge in [-0.25, -0.2) is 9.78 Å². The summed E-state index contributed by atoms with van der Waals surface area (Å²) in [5.41, 5.74) is 2.35. The van der Waals surface area contributed by atoms with Gasteiger partial charge in [0.1, 0.15) is 29.2 Å². The molecule has 0 unspecified atom stereocenters. The van der Waals surface area contributed by atoms with Gasteiger partial charge in [-0.05, 0) is 42.0 Å².